The molecule has 2 N–H and O–H groups in total. The van der Waals surface area contributed by atoms with E-state index in [1.807, 2.05) is 51.1 Å². The van der Waals surface area contributed by atoms with Crippen LogP contribution >= 0.6 is 12.2 Å². The summed E-state index contributed by atoms with van der Waals surface area (Å²) >= 11 is 5.23. The SMILES string of the molecule is CCCOc1cccc(NC(=S)NC(=O)c2cccc(OC(C)C)c2)c1. The van der Waals surface area contributed by atoms with Gasteiger partial charge in [0.1, 0.15) is 11.5 Å². The molecule has 0 bridgehead atoms. The van der Waals surface area contributed by atoms with Crippen molar-refractivity contribution in [2.24, 2.45) is 0 Å². The average Bonchev–Trinajstić information content (AvgIpc) is 2.59. The molecule has 1 amide bonds. The molecule has 26 heavy (non-hydrogen) atoms. The number of anilines is 1. The van der Waals surface area contributed by atoms with E-state index in [1.54, 1.807) is 18.2 Å². The quantitative estimate of drug-likeness (QED) is 0.706. The third kappa shape index (κ3) is 6.37. The number of nitrogens with one attached hydrogen (secondary N) is 2. The molecule has 0 atom stereocenters. The number of rotatable bonds is 7. The van der Waals surface area contributed by atoms with Gasteiger partial charge in [-0.25, -0.2) is 0 Å². The lowest BCUT2D eigenvalue weighted by molar-refractivity contribution is 0.0977. The average molecular weight is 372 g/mol. The fraction of sp³-hybridized carbons (Fsp3) is 0.300. The van der Waals surface area contributed by atoms with Crippen molar-refractivity contribution in [2.75, 3.05) is 11.9 Å². The Hall–Kier alpha value is -2.60. The van der Waals surface area contributed by atoms with E-state index >= 15 is 0 Å². The molecule has 0 heterocycles. The van der Waals surface area contributed by atoms with Crippen LogP contribution < -0.4 is 20.1 Å². The molecule has 0 radical (unpaired) electrons. The number of hydrogen-bond acceptors (Lipinski definition) is 4. The Morgan fingerprint density at radius 1 is 1.12 bits per heavy atom. The monoisotopic (exact) mass is 372 g/mol. The molecule has 0 aliphatic rings. The molecule has 0 aliphatic carbocycles. The fourth-order valence-corrected chi connectivity index (χ4v) is 2.41. The maximum Gasteiger partial charge on any atom is 0.257 e. The van der Waals surface area contributed by atoms with Crippen LogP contribution in [0, 0.1) is 0 Å². The predicted octanol–water partition coefficient (Wildman–Crippen LogP) is 4.39. The van der Waals surface area contributed by atoms with Crippen molar-refractivity contribution in [3.05, 3.63) is 54.1 Å². The van der Waals surface area contributed by atoms with Crippen LogP contribution in [0.25, 0.3) is 0 Å². The molecule has 2 rings (SSSR count). The second-order valence-corrected chi connectivity index (χ2v) is 6.39. The highest BCUT2D eigenvalue weighted by Gasteiger charge is 2.10. The number of hydrogen-bond donors (Lipinski definition) is 2. The lowest BCUT2D eigenvalue weighted by atomic mass is 10.2. The van der Waals surface area contributed by atoms with Crippen molar-refractivity contribution >= 4 is 28.9 Å². The molecular formula is C20H24N2O3S. The van der Waals surface area contributed by atoms with Gasteiger partial charge < -0.3 is 14.8 Å². The summed E-state index contributed by atoms with van der Waals surface area (Å²) in [5, 5.41) is 5.89. The van der Waals surface area contributed by atoms with Gasteiger partial charge in [0, 0.05) is 17.3 Å². The molecule has 0 saturated carbocycles. The van der Waals surface area contributed by atoms with Gasteiger partial charge in [0.25, 0.3) is 5.91 Å². The Morgan fingerprint density at radius 2 is 1.85 bits per heavy atom. The van der Waals surface area contributed by atoms with Crippen LogP contribution in [-0.2, 0) is 0 Å². The molecule has 2 aromatic rings. The van der Waals surface area contributed by atoms with Crippen molar-refractivity contribution in [2.45, 2.75) is 33.3 Å². The van der Waals surface area contributed by atoms with Crippen LogP contribution in [0.3, 0.4) is 0 Å². The summed E-state index contributed by atoms with van der Waals surface area (Å²) in [5.41, 5.74) is 1.23. The lowest BCUT2D eigenvalue weighted by Gasteiger charge is -2.13. The van der Waals surface area contributed by atoms with E-state index in [0.717, 1.165) is 17.9 Å². The third-order valence-electron chi connectivity index (χ3n) is 3.26. The Kier molecular flexibility index (Phi) is 7.41. The van der Waals surface area contributed by atoms with Gasteiger partial charge in [0.2, 0.25) is 0 Å². The third-order valence-corrected chi connectivity index (χ3v) is 3.46. The molecule has 0 saturated heterocycles. The second kappa shape index (κ2) is 9.77. The van der Waals surface area contributed by atoms with Gasteiger partial charge in [-0.15, -0.1) is 0 Å². The van der Waals surface area contributed by atoms with Crippen LogP contribution in [0.2, 0.25) is 0 Å². The molecule has 0 aromatic heterocycles. The maximum atomic E-state index is 12.4. The molecule has 0 unspecified atom stereocenters. The number of ether oxygens (including phenoxy) is 2. The molecule has 0 fully saturated rings. The highest BCUT2D eigenvalue weighted by molar-refractivity contribution is 7.80. The minimum Gasteiger partial charge on any atom is -0.494 e. The molecule has 2 aromatic carbocycles. The molecular weight excluding hydrogens is 348 g/mol. The standard InChI is InChI=1S/C20H24N2O3S/c1-4-11-24-17-9-6-8-16(13-17)21-20(26)22-19(23)15-7-5-10-18(12-15)25-14(2)3/h5-10,12-14H,4,11H2,1-3H3,(H2,21,22,23,26). The highest BCUT2D eigenvalue weighted by Crippen LogP contribution is 2.18. The zero-order valence-electron chi connectivity index (χ0n) is 15.2. The van der Waals surface area contributed by atoms with Gasteiger partial charge in [0.05, 0.1) is 12.7 Å². The van der Waals surface area contributed by atoms with E-state index in [2.05, 4.69) is 10.6 Å². The van der Waals surface area contributed by atoms with Crippen LogP contribution in [0.1, 0.15) is 37.6 Å². The highest BCUT2D eigenvalue weighted by atomic mass is 32.1. The Bertz CT molecular complexity index is 762. The molecule has 5 nitrogen and oxygen atoms in total. The lowest BCUT2D eigenvalue weighted by Crippen LogP contribution is -2.34. The number of amides is 1. The first kappa shape index (κ1) is 19.7. The van der Waals surface area contributed by atoms with Crippen molar-refractivity contribution in [1.29, 1.82) is 0 Å². The van der Waals surface area contributed by atoms with Crippen molar-refractivity contribution < 1.29 is 14.3 Å². The fourth-order valence-electron chi connectivity index (χ4n) is 2.20. The van der Waals surface area contributed by atoms with Crippen molar-refractivity contribution in [3.8, 4) is 11.5 Å². The van der Waals surface area contributed by atoms with Gasteiger partial charge in [0.15, 0.2) is 5.11 Å². The molecule has 6 heteroatoms. The topological polar surface area (TPSA) is 59.6 Å². The van der Waals surface area contributed by atoms with Gasteiger partial charge in [-0.3, -0.25) is 10.1 Å². The first-order valence-corrected chi connectivity index (χ1v) is 9.00. The molecule has 0 aliphatic heterocycles. The van der Waals surface area contributed by atoms with Crippen LogP contribution in [-0.4, -0.2) is 23.7 Å². The van der Waals surface area contributed by atoms with E-state index in [1.165, 1.54) is 0 Å². The molecule has 138 valence electrons. The summed E-state index contributed by atoms with van der Waals surface area (Å²) in [6.45, 7) is 6.57. The molecule has 0 spiro atoms. The van der Waals surface area contributed by atoms with Gasteiger partial charge in [-0.2, -0.15) is 0 Å². The Balaban J connectivity index is 1.96. The first-order chi connectivity index (χ1) is 12.5. The van der Waals surface area contributed by atoms with E-state index in [0.29, 0.717) is 17.9 Å². The summed E-state index contributed by atoms with van der Waals surface area (Å²) < 4.78 is 11.2. The van der Waals surface area contributed by atoms with Gasteiger partial charge >= 0.3 is 0 Å². The number of thiocarbonyl (C=S) groups is 1. The van der Waals surface area contributed by atoms with Gasteiger partial charge in [-0.05, 0) is 62.8 Å². The van der Waals surface area contributed by atoms with E-state index in [-0.39, 0.29) is 17.1 Å². The van der Waals surface area contributed by atoms with E-state index < -0.39 is 0 Å². The minimum atomic E-state index is -0.296. The number of carbonyl (C=O) groups excluding carboxylic acids is 1. The smallest absolute Gasteiger partial charge is 0.257 e. The largest absolute Gasteiger partial charge is 0.494 e. The summed E-state index contributed by atoms with van der Waals surface area (Å²) in [6.07, 6.45) is 0.976. The Labute approximate surface area is 159 Å². The number of benzene rings is 2. The van der Waals surface area contributed by atoms with E-state index in [4.69, 9.17) is 21.7 Å². The summed E-state index contributed by atoms with van der Waals surface area (Å²) in [5.74, 6) is 1.10. The summed E-state index contributed by atoms with van der Waals surface area (Å²) in [7, 11) is 0. The summed E-state index contributed by atoms with van der Waals surface area (Å²) in [4.78, 5) is 12.4. The minimum absolute atomic E-state index is 0.0401. The maximum absolute atomic E-state index is 12.4. The second-order valence-electron chi connectivity index (χ2n) is 5.98. The zero-order valence-corrected chi connectivity index (χ0v) is 16.1. The van der Waals surface area contributed by atoms with E-state index in [9.17, 15) is 4.79 Å². The van der Waals surface area contributed by atoms with Crippen LogP contribution in [0.5, 0.6) is 11.5 Å². The first-order valence-electron chi connectivity index (χ1n) is 8.60. The predicted molar refractivity (Wildman–Crippen MR) is 108 cm³/mol. The normalized spacial score (nSPS) is 10.3. The summed E-state index contributed by atoms with van der Waals surface area (Å²) in [6, 6.07) is 14.4. The Morgan fingerprint density at radius 3 is 2.58 bits per heavy atom. The zero-order chi connectivity index (χ0) is 18.9. The van der Waals surface area contributed by atoms with Crippen LogP contribution in [0.4, 0.5) is 5.69 Å². The van der Waals surface area contributed by atoms with Crippen LogP contribution in [0.15, 0.2) is 48.5 Å². The van der Waals surface area contributed by atoms with Crippen molar-refractivity contribution in [3.63, 3.8) is 0 Å². The van der Waals surface area contributed by atoms with Gasteiger partial charge in [-0.1, -0.05) is 19.1 Å². The number of carbonyl (C=O) groups is 1. The van der Waals surface area contributed by atoms with Crippen molar-refractivity contribution in [1.82, 2.24) is 5.32 Å².